The van der Waals surface area contributed by atoms with E-state index in [9.17, 15) is 27.6 Å². The van der Waals surface area contributed by atoms with Crippen LogP contribution in [0.15, 0.2) is 73.1 Å². The first-order chi connectivity index (χ1) is 28.7. The summed E-state index contributed by atoms with van der Waals surface area (Å²) in [6.07, 6.45) is 7.01. The summed E-state index contributed by atoms with van der Waals surface area (Å²) < 4.78 is 37.5. The summed E-state index contributed by atoms with van der Waals surface area (Å²) in [5.41, 5.74) is 5.21. The lowest BCUT2D eigenvalue weighted by Crippen LogP contribution is -2.51. The Morgan fingerprint density at radius 3 is 1.67 bits per heavy atom. The monoisotopic (exact) mass is 841 g/mol. The minimum atomic E-state index is -3.61. The van der Waals surface area contributed by atoms with Crippen molar-refractivity contribution in [3.8, 4) is 33.6 Å². The average Bonchev–Trinajstić information content (AvgIpc) is 3.65. The number of ether oxygens (including phenoxy) is 2. The summed E-state index contributed by atoms with van der Waals surface area (Å²) in [4.78, 5) is 70.6. The second kappa shape index (κ2) is 17.3. The zero-order valence-electron chi connectivity index (χ0n) is 34.4. The first kappa shape index (κ1) is 42.1. The van der Waals surface area contributed by atoms with Crippen LogP contribution in [0.1, 0.15) is 64.3 Å². The van der Waals surface area contributed by atoms with Crippen LogP contribution in [0, 0.1) is 11.8 Å². The number of H-pyrrole nitrogens is 2. The number of alkyl carbamates (subject to hydrolysis) is 2. The highest BCUT2D eigenvalue weighted by molar-refractivity contribution is 7.90. The Morgan fingerprint density at radius 2 is 1.18 bits per heavy atom. The zero-order chi connectivity index (χ0) is 42.9. The summed E-state index contributed by atoms with van der Waals surface area (Å²) in [7, 11) is -1.12. The van der Waals surface area contributed by atoms with Gasteiger partial charge in [0, 0.05) is 13.1 Å². The van der Waals surface area contributed by atoms with Crippen LogP contribution in [-0.4, -0.2) is 118 Å². The molecule has 1 saturated heterocycles. The number of imidazole rings is 2. The molecule has 17 nitrogen and oxygen atoms in total. The van der Waals surface area contributed by atoms with Gasteiger partial charge in [0.2, 0.25) is 21.8 Å². The van der Waals surface area contributed by atoms with Gasteiger partial charge in [-0.15, -0.1) is 0 Å². The van der Waals surface area contributed by atoms with Crippen LogP contribution in [0.5, 0.6) is 0 Å². The number of nitrogens with one attached hydrogen (secondary N) is 4. The van der Waals surface area contributed by atoms with Crippen molar-refractivity contribution in [1.82, 2.24) is 44.7 Å². The van der Waals surface area contributed by atoms with Crippen molar-refractivity contribution in [3.05, 3.63) is 84.7 Å². The van der Waals surface area contributed by atoms with Crippen LogP contribution < -0.4 is 10.6 Å². The third-order valence-corrected chi connectivity index (χ3v) is 13.5. The number of rotatable bonds is 13. The van der Waals surface area contributed by atoms with E-state index >= 15 is 0 Å². The molecule has 0 radical (unpaired) electrons. The summed E-state index contributed by atoms with van der Waals surface area (Å²) in [6.45, 7) is 7.62. The lowest BCUT2D eigenvalue weighted by molar-refractivity contribution is -0.136. The quantitative estimate of drug-likeness (QED) is 0.133. The number of carbonyl (C=O) groups is 4. The van der Waals surface area contributed by atoms with Gasteiger partial charge in [-0.2, -0.15) is 4.31 Å². The molecule has 3 aliphatic rings. The number of sulfonamides is 1. The molecule has 7 rings (SSSR count). The highest BCUT2D eigenvalue weighted by Crippen LogP contribution is 2.37. The molecule has 18 heteroatoms. The summed E-state index contributed by atoms with van der Waals surface area (Å²) in [5.74, 6) is -0.0476. The number of methoxy groups -OCH3 is 2. The van der Waals surface area contributed by atoms with E-state index in [1.165, 1.54) is 23.4 Å². The van der Waals surface area contributed by atoms with Crippen molar-refractivity contribution >= 4 is 34.0 Å². The van der Waals surface area contributed by atoms with E-state index in [0.29, 0.717) is 36.7 Å². The molecule has 0 unspecified atom stereocenters. The lowest BCUT2D eigenvalue weighted by atomic mass is 10.0. The Kier molecular flexibility index (Phi) is 12.1. The highest BCUT2D eigenvalue weighted by atomic mass is 32.2. The van der Waals surface area contributed by atoms with E-state index in [2.05, 4.69) is 30.6 Å². The largest absolute Gasteiger partial charge is 0.453 e. The van der Waals surface area contributed by atoms with Crippen LogP contribution in [0.3, 0.4) is 0 Å². The van der Waals surface area contributed by atoms with Gasteiger partial charge in [-0.05, 0) is 46.9 Å². The maximum atomic E-state index is 14.0. The highest BCUT2D eigenvalue weighted by Gasteiger charge is 2.48. The lowest BCUT2D eigenvalue weighted by Gasteiger charge is -2.29. The number of carbonyl (C=O) groups excluding carboxylic acids is 4. The van der Waals surface area contributed by atoms with Gasteiger partial charge >= 0.3 is 12.2 Å². The summed E-state index contributed by atoms with van der Waals surface area (Å²) in [6, 6.07) is 13.1. The van der Waals surface area contributed by atoms with E-state index < -0.39 is 57.5 Å². The van der Waals surface area contributed by atoms with E-state index in [4.69, 9.17) is 9.47 Å². The molecule has 2 aromatic carbocycles. The molecule has 318 valence electrons. The Bertz CT molecular complexity index is 2350. The van der Waals surface area contributed by atoms with Gasteiger partial charge in [-0.3, -0.25) is 9.59 Å². The standard InChI is InChI=1S/C42H51N9O8S/c1-24(2)35(47-41(54)58-5)39(52)50-19-7-8-33(50)37-43-20-31(45-37)28-13-9-26(10-14-28)27-11-15-29(16-12-27)32-21-44-38(46-32)34-22-49(60(56,57)30-17-18-30)23-51(34)40(53)36(25(3)4)48-42(55)59-6/h7-16,20-21,24-25,30,33-36H,17-19,22-23H2,1-6H3,(H,43,45)(H,44,46)(H,47,54)(H,48,55)/t33-,34-,35-,36-/m0/s1. The number of hydrogen-bond donors (Lipinski definition) is 4. The third-order valence-electron chi connectivity index (χ3n) is 11.2. The Labute approximate surface area is 349 Å². The normalized spacial score (nSPS) is 19.1. The maximum absolute atomic E-state index is 14.0. The third kappa shape index (κ3) is 8.65. The van der Waals surface area contributed by atoms with Crippen molar-refractivity contribution in [1.29, 1.82) is 0 Å². The molecule has 4 aromatic rings. The average molecular weight is 842 g/mol. The van der Waals surface area contributed by atoms with Crippen LogP contribution >= 0.6 is 0 Å². The number of aromatic amines is 2. The fourth-order valence-corrected chi connectivity index (χ4v) is 9.34. The van der Waals surface area contributed by atoms with Crippen LogP contribution in [0.4, 0.5) is 9.59 Å². The van der Waals surface area contributed by atoms with Gasteiger partial charge in [0.1, 0.15) is 35.8 Å². The van der Waals surface area contributed by atoms with Gasteiger partial charge in [0.15, 0.2) is 0 Å². The van der Waals surface area contributed by atoms with Crippen molar-refractivity contribution in [2.24, 2.45) is 11.8 Å². The molecule has 0 spiro atoms. The minimum Gasteiger partial charge on any atom is -0.453 e. The van der Waals surface area contributed by atoms with E-state index in [1.54, 1.807) is 31.1 Å². The molecule has 2 aromatic heterocycles. The summed E-state index contributed by atoms with van der Waals surface area (Å²) in [5, 5.41) is 4.82. The molecule has 4 N–H and O–H groups in total. The predicted octanol–water partition coefficient (Wildman–Crippen LogP) is 4.97. The van der Waals surface area contributed by atoms with Crippen LogP contribution in [-0.2, 0) is 29.1 Å². The predicted molar refractivity (Wildman–Crippen MR) is 222 cm³/mol. The van der Waals surface area contributed by atoms with E-state index in [0.717, 1.165) is 27.9 Å². The number of hydrogen-bond acceptors (Lipinski definition) is 10. The van der Waals surface area contributed by atoms with Crippen molar-refractivity contribution in [2.75, 3.05) is 34.0 Å². The van der Waals surface area contributed by atoms with Crippen LogP contribution in [0.2, 0.25) is 0 Å². The number of aromatic nitrogens is 4. The number of nitrogens with zero attached hydrogens (tertiary/aromatic N) is 5. The SMILES string of the molecule is COC(=O)N[C@H](C(=O)N1CC=C[C@H]1c1ncc(-c2ccc(-c3ccc(-c4cnc([C@@H]5CN(S(=O)(=O)C6CC6)CN5C(=O)[C@@H](NC(=O)OC)C(C)C)[nH]4)cc3)cc2)[nH]1)C(C)C. The second-order valence-electron chi connectivity index (χ2n) is 15.9. The number of amides is 4. The first-order valence-electron chi connectivity index (χ1n) is 20.0. The molecule has 4 heterocycles. The maximum Gasteiger partial charge on any atom is 0.407 e. The van der Waals surface area contributed by atoms with Gasteiger partial charge in [0.25, 0.3) is 0 Å². The van der Waals surface area contributed by atoms with Gasteiger partial charge in [0.05, 0.1) is 49.9 Å². The molecule has 4 amide bonds. The van der Waals surface area contributed by atoms with E-state index in [1.807, 2.05) is 74.5 Å². The van der Waals surface area contributed by atoms with Gasteiger partial charge < -0.3 is 39.9 Å². The Morgan fingerprint density at radius 1 is 0.717 bits per heavy atom. The molecule has 1 aliphatic carbocycles. The molecular weight excluding hydrogens is 791 g/mol. The number of benzene rings is 2. The van der Waals surface area contributed by atoms with Gasteiger partial charge in [-0.1, -0.05) is 88.4 Å². The minimum absolute atomic E-state index is 0.0417. The fraction of sp³-hybridized carbons (Fsp3) is 0.429. The molecule has 2 aliphatic heterocycles. The zero-order valence-corrected chi connectivity index (χ0v) is 35.2. The van der Waals surface area contributed by atoms with Crippen molar-refractivity contribution in [3.63, 3.8) is 0 Å². The molecule has 60 heavy (non-hydrogen) atoms. The van der Waals surface area contributed by atoms with Crippen LogP contribution in [0.25, 0.3) is 33.6 Å². The second-order valence-corrected chi connectivity index (χ2v) is 18.2. The van der Waals surface area contributed by atoms with Crippen molar-refractivity contribution in [2.45, 2.75) is 70.0 Å². The molecular formula is C42H51N9O8S. The first-order valence-corrected chi connectivity index (χ1v) is 21.5. The smallest absolute Gasteiger partial charge is 0.407 e. The fourth-order valence-electron chi connectivity index (χ4n) is 7.55. The molecule has 2 fully saturated rings. The Hall–Kier alpha value is -6.01. The molecule has 0 bridgehead atoms. The van der Waals surface area contributed by atoms with Crippen molar-refractivity contribution < 1.29 is 37.1 Å². The molecule has 1 saturated carbocycles. The van der Waals surface area contributed by atoms with Gasteiger partial charge in [-0.25, -0.2) is 28.0 Å². The summed E-state index contributed by atoms with van der Waals surface area (Å²) >= 11 is 0. The molecule has 4 atom stereocenters. The topological polar surface area (TPSA) is 212 Å². The Balaban J connectivity index is 1.04. The van der Waals surface area contributed by atoms with E-state index in [-0.39, 0.29) is 31.0 Å².